The Hall–Kier alpha value is -2.69. The van der Waals surface area contributed by atoms with Crippen molar-refractivity contribution in [3.8, 4) is 11.3 Å². The predicted octanol–water partition coefficient (Wildman–Crippen LogP) is 2.59. The van der Waals surface area contributed by atoms with E-state index in [0.29, 0.717) is 18.5 Å². The monoisotopic (exact) mass is 335 g/mol. The van der Waals surface area contributed by atoms with Crippen LogP contribution in [0.15, 0.2) is 42.6 Å². The number of pyridine rings is 1. The molecule has 25 heavy (non-hydrogen) atoms. The largest absolute Gasteiger partial charge is 0.355 e. The number of hydrogen-bond acceptors (Lipinski definition) is 3. The second kappa shape index (κ2) is 6.67. The van der Waals surface area contributed by atoms with Crippen molar-refractivity contribution in [1.29, 1.82) is 0 Å². The second-order valence-electron chi connectivity index (χ2n) is 6.73. The van der Waals surface area contributed by atoms with Crippen molar-refractivity contribution in [3.05, 3.63) is 53.7 Å². The Balaban J connectivity index is 1.61. The molecule has 5 nitrogen and oxygen atoms in total. The third kappa shape index (κ3) is 3.14. The van der Waals surface area contributed by atoms with Gasteiger partial charge >= 0.3 is 0 Å². The van der Waals surface area contributed by atoms with Crippen molar-refractivity contribution < 1.29 is 9.59 Å². The molecule has 2 saturated heterocycles. The van der Waals surface area contributed by atoms with E-state index in [9.17, 15) is 9.59 Å². The first-order valence-electron chi connectivity index (χ1n) is 8.84. The lowest BCUT2D eigenvalue weighted by atomic mass is 9.95. The predicted molar refractivity (Wildman–Crippen MR) is 95.2 cm³/mol. The SMILES string of the molecule is O=C1CC(c2ccc(-c3ncccc3C(=O)N3CCCC3)cc2)CN1. The van der Waals surface area contributed by atoms with Gasteiger partial charge in [0.2, 0.25) is 5.91 Å². The molecule has 0 saturated carbocycles. The molecule has 2 amide bonds. The molecule has 2 aliphatic rings. The zero-order valence-corrected chi connectivity index (χ0v) is 14.1. The standard InChI is InChI=1S/C20H21N3O2/c24-18-12-16(13-22-18)14-5-7-15(8-6-14)19-17(4-3-9-21-19)20(25)23-10-1-2-11-23/h3-9,16H,1-2,10-13H2,(H,22,24). The van der Waals surface area contributed by atoms with Crippen molar-refractivity contribution in [1.82, 2.24) is 15.2 Å². The highest BCUT2D eigenvalue weighted by molar-refractivity contribution is 6.00. The van der Waals surface area contributed by atoms with E-state index in [-0.39, 0.29) is 17.7 Å². The highest BCUT2D eigenvalue weighted by Gasteiger charge is 2.24. The number of benzene rings is 1. The number of amides is 2. The lowest BCUT2D eigenvalue weighted by Gasteiger charge is -2.17. The van der Waals surface area contributed by atoms with E-state index in [1.54, 1.807) is 6.20 Å². The number of nitrogens with one attached hydrogen (secondary N) is 1. The molecule has 2 aromatic rings. The van der Waals surface area contributed by atoms with Crippen molar-refractivity contribution in [3.63, 3.8) is 0 Å². The Bertz CT molecular complexity index is 795. The summed E-state index contributed by atoms with van der Waals surface area (Å²) in [6, 6.07) is 11.8. The number of hydrogen-bond donors (Lipinski definition) is 1. The number of nitrogens with zero attached hydrogens (tertiary/aromatic N) is 2. The molecule has 5 heteroatoms. The number of rotatable bonds is 3. The molecule has 4 rings (SSSR count). The van der Waals surface area contributed by atoms with Crippen molar-refractivity contribution in [2.24, 2.45) is 0 Å². The molecular weight excluding hydrogens is 314 g/mol. The minimum absolute atomic E-state index is 0.0651. The van der Waals surface area contributed by atoms with Crippen LogP contribution in [0.25, 0.3) is 11.3 Å². The molecule has 1 aromatic carbocycles. The van der Waals surface area contributed by atoms with Crippen LogP contribution in [0.1, 0.15) is 41.1 Å². The lowest BCUT2D eigenvalue weighted by molar-refractivity contribution is -0.119. The fourth-order valence-corrected chi connectivity index (χ4v) is 3.65. The molecule has 2 fully saturated rings. The van der Waals surface area contributed by atoms with Crippen molar-refractivity contribution in [2.75, 3.05) is 19.6 Å². The minimum atomic E-state index is 0.0651. The zero-order valence-electron chi connectivity index (χ0n) is 14.1. The molecule has 0 bridgehead atoms. The highest BCUT2D eigenvalue weighted by Crippen LogP contribution is 2.28. The molecule has 1 unspecified atom stereocenters. The maximum absolute atomic E-state index is 12.8. The van der Waals surface area contributed by atoms with Crippen LogP contribution < -0.4 is 5.32 Å². The Morgan fingerprint density at radius 1 is 1.12 bits per heavy atom. The molecule has 128 valence electrons. The van der Waals surface area contributed by atoms with Gasteiger partial charge in [-0.15, -0.1) is 0 Å². The summed E-state index contributed by atoms with van der Waals surface area (Å²) in [5.74, 6) is 0.406. The van der Waals surface area contributed by atoms with Crippen LogP contribution in [-0.2, 0) is 4.79 Å². The van der Waals surface area contributed by atoms with Crippen LogP contribution in [0.4, 0.5) is 0 Å². The van der Waals surface area contributed by atoms with Crippen LogP contribution in [0.3, 0.4) is 0 Å². The normalized spacial score (nSPS) is 19.9. The molecule has 1 N–H and O–H groups in total. The van der Waals surface area contributed by atoms with Gasteiger partial charge in [-0.05, 0) is 30.5 Å². The molecule has 1 aromatic heterocycles. The Morgan fingerprint density at radius 3 is 2.56 bits per heavy atom. The van der Waals surface area contributed by atoms with Gasteiger partial charge in [-0.3, -0.25) is 14.6 Å². The van der Waals surface area contributed by atoms with Crippen LogP contribution in [0.2, 0.25) is 0 Å². The van der Waals surface area contributed by atoms with Crippen LogP contribution in [-0.4, -0.2) is 41.3 Å². The molecular formula is C20H21N3O2. The molecule has 0 spiro atoms. The van der Waals surface area contributed by atoms with Gasteiger partial charge in [-0.1, -0.05) is 24.3 Å². The summed E-state index contributed by atoms with van der Waals surface area (Å²) in [4.78, 5) is 30.6. The van der Waals surface area contributed by atoms with Crippen molar-refractivity contribution in [2.45, 2.75) is 25.2 Å². The summed E-state index contributed by atoms with van der Waals surface area (Å²) in [5, 5.41) is 2.87. The van der Waals surface area contributed by atoms with E-state index >= 15 is 0 Å². The topological polar surface area (TPSA) is 62.3 Å². The first-order valence-corrected chi connectivity index (χ1v) is 8.84. The average molecular weight is 335 g/mol. The number of likely N-dealkylation sites (tertiary alicyclic amines) is 1. The summed E-state index contributed by atoms with van der Waals surface area (Å²) in [7, 11) is 0. The van der Waals surface area contributed by atoms with Gasteiger partial charge in [0.15, 0.2) is 0 Å². The van der Waals surface area contributed by atoms with Gasteiger partial charge < -0.3 is 10.2 Å². The Morgan fingerprint density at radius 2 is 1.88 bits per heavy atom. The third-order valence-corrected chi connectivity index (χ3v) is 5.06. The number of carbonyl (C=O) groups is 2. The van der Waals surface area contributed by atoms with Gasteiger partial charge in [0.05, 0.1) is 11.3 Å². The van der Waals surface area contributed by atoms with E-state index in [1.807, 2.05) is 41.3 Å². The molecule has 0 radical (unpaired) electrons. The van der Waals surface area contributed by atoms with Gasteiger partial charge in [0, 0.05) is 43.7 Å². The van der Waals surface area contributed by atoms with E-state index < -0.39 is 0 Å². The Kier molecular flexibility index (Phi) is 4.22. The summed E-state index contributed by atoms with van der Waals surface area (Å²) >= 11 is 0. The van der Waals surface area contributed by atoms with Gasteiger partial charge in [0.25, 0.3) is 5.91 Å². The number of aromatic nitrogens is 1. The molecule has 0 aliphatic carbocycles. The van der Waals surface area contributed by atoms with Crippen molar-refractivity contribution >= 4 is 11.8 Å². The molecule has 3 heterocycles. The molecule has 1 atom stereocenters. The minimum Gasteiger partial charge on any atom is -0.355 e. The van der Waals surface area contributed by atoms with Crippen LogP contribution >= 0.6 is 0 Å². The van der Waals surface area contributed by atoms with Crippen LogP contribution in [0, 0.1) is 0 Å². The fourth-order valence-electron chi connectivity index (χ4n) is 3.65. The van der Waals surface area contributed by atoms with E-state index in [4.69, 9.17) is 0 Å². The number of carbonyl (C=O) groups excluding carboxylic acids is 2. The van der Waals surface area contributed by atoms with E-state index in [1.165, 1.54) is 0 Å². The first kappa shape index (κ1) is 15.8. The third-order valence-electron chi connectivity index (χ3n) is 5.06. The summed E-state index contributed by atoms with van der Waals surface area (Å²) in [6.07, 6.45) is 4.42. The van der Waals surface area contributed by atoms with E-state index in [0.717, 1.165) is 42.8 Å². The van der Waals surface area contributed by atoms with Gasteiger partial charge in [-0.2, -0.15) is 0 Å². The van der Waals surface area contributed by atoms with E-state index in [2.05, 4.69) is 10.3 Å². The fraction of sp³-hybridized carbons (Fsp3) is 0.350. The maximum Gasteiger partial charge on any atom is 0.256 e. The summed E-state index contributed by atoms with van der Waals surface area (Å²) in [6.45, 7) is 2.35. The smallest absolute Gasteiger partial charge is 0.256 e. The average Bonchev–Trinajstić information content (AvgIpc) is 3.33. The summed E-state index contributed by atoms with van der Waals surface area (Å²) < 4.78 is 0. The Labute approximate surface area is 147 Å². The lowest BCUT2D eigenvalue weighted by Crippen LogP contribution is -2.28. The van der Waals surface area contributed by atoms with Gasteiger partial charge in [-0.25, -0.2) is 0 Å². The van der Waals surface area contributed by atoms with Gasteiger partial charge in [0.1, 0.15) is 0 Å². The zero-order chi connectivity index (χ0) is 17.2. The quantitative estimate of drug-likeness (QED) is 0.938. The van der Waals surface area contributed by atoms with Crippen LogP contribution in [0.5, 0.6) is 0 Å². The summed E-state index contributed by atoms with van der Waals surface area (Å²) in [5.41, 5.74) is 3.47. The molecule has 2 aliphatic heterocycles. The first-order chi connectivity index (χ1) is 12.2. The second-order valence-corrected chi connectivity index (χ2v) is 6.73. The maximum atomic E-state index is 12.8. The highest BCUT2D eigenvalue weighted by atomic mass is 16.2.